The van der Waals surface area contributed by atoms with E-state index in [2.05, 4.69) is 15.5 Å². The highest BCUT2D eigenvalue weighted by atomic mass is 16.7. The molecule has 0 spiro atoms. The third kappa shape index (κ3) is 3.36. The van der Waals surface area contributed by atoms with Crippen molar-refractivity contribution in [3.05, 3.63) is 47.7 Å². The summed E-state index contributed by atoms with van der Waals surface area (Å²) in [4.78, 5) is 31.3. The van der Waals surface area contributed by atoms with Crippen LogP contribution in [0.1, 0.15) is 49.1 Å². The number of benzene rings is 1. The van der Waals surface area contributed by atoms with Gasteiger partial charge in [0.25, 0.3) is 0 Å². The normalized spacial score (nSPS) is 24.2. The van der Waals surface area contributed by atoms with E-state index in [0.717, 1.165) is 24.8 Å². The first-order chi connectivity index (χ1) is 14.6. The maximum atomic E-state index is 12.9. The van der Waals surface area contributed by atoms with Gasteiger partial charge >= 0.3 is 12.1 Å². The van der Waals surface area contributed by atoms with Gasteiger partial charge in [-0.3, -0.25) is 4.84 Å². The van der Waals surface area contributed by atoms with Gasteiger partial charge in [-0.2, -0.15) is 5.06 Å². The predicted octanol–water partition coefficient (Wildman–Crippen LogP) is 2.44. The highest BCUT2D eigenvalue weighted by Crippen LogP contribution is 2.48. The zero-order chi connectivity index (χ0) is 20.7. The average Bonchev–Trinajstić information content (AvgIpc) is 3.32. The predicted molar refractivity (Wildman–Crippen MR) is 102 cm³/mol. The quantitative estimate of drug-likeness (QED) is 0.715. The van der Waals surface area contributed by atoms with Gasteiger partial charge in [-0.1, -0.05) is 30.3 Å². The number of carbonyl (C=O) groups excluding carboxylic acids is 1. The molecular formula is C20H23N5O5. The van der Waals surface area contributed by atoms with E-state index in [-0.39, 0.29) is 24.7 Å². The molecule has 10 nitrogen and oxygen atoms in total. The summed E-state index contributed by atoms with van der Waals surface area (Å²) in [5.74, 6) is 0.848. The second-order valence-corrected chi connectivity index (χ2v) is 8.15. The van der Waals surface area contributed by atoms with E-state index in [9.17, 15) is 9.59 Å². The van der Waals surface area contributed by atoms with Crippen molar-refractivity contribution in [2.75, 3.05) is 13.1 Å². The summed E-state index contributed by atoms with van der Waals surface area (Å²) < 4.78 is 5.94. The molecule has 1 saturated carbocycles. The molecule has 3 aliphatic rings. The van der Waals surface area contributed by atoms with E-state index in [1.807, 2.05) is 30.3 Å². The number of nitrogens with one attached hydrogen (secondary N) is 1. The summed E-state index contributed by atoms with van der Waals surface area (Å²) in [6.07, 6.45) is 2.02. The lowest BCUT2D eigenvalue weighted by Gasteiger charge is -2.27. The Morgan fingerprint density at radius 1 is 1.27 bits per heavy atom. The second-order valence-electron chi connectivity index (χ2n) is 8.15. The lowest BCUT2D eigenvalue weighted by atomic mass is 10.0. The molecule has 1 aromatic carbocycles. The van der Waals surface area contributed by atoms with Crippen LogP contribution in [0.15, 0.2) is 34.7 Å². The molecule has 3 heterocycles. The molecule has 0 radical (unpaired) electrons. The third-order valence-electron chi connectivity index (χ3n) is 6.15. The molecule has 3 amide bonds. The largest absolute Gasteiger partial charge is 0.465 e. The zero-order valence-corrected chi connectivity index (χ0v) is 16.4. The molecule has 1 unspecified atom stereocenters. The van der Waals surface area contributed by atoms with Crippen LogP contribution in [0.5, 0.6) is 0 Å². The van der Waals surface area contributed by atoms with Crippen molar-refractivity contribution in [3.63, 3.8) is 0 Å². The summed E-state index contributed by atoms with van der Waals surface area (Å²) >= 11 is 0. The molecule has 2 N–H and O–H groups in total. The van der Waals surface area contributed by atoms with E-state index in [1.54, 1.807) is 4.90 Å². The smallest absolute Gasteiger partial charge is 0.404 e. The second kappa shape index (κ2) is 7.28. The zero-order valence-electron chi connectivity index (χ0n) is 16.4. The fourth-order valence-corrected chi connectivity index (χ4v) is 4.22. The number of hydrogen-bond donors (Lipinski definition) is 2. The van der Waals surface area contributed by atoms with Crippen LogP contribution >= 0.6 is 0 Å². The topological polar surface area (TPSA) is 121 Å². The van der Waals surface area contributed by atoms with Crippen molar-refractivity contribution >= 4 is 12.1 Å². The fraction of sp³-hybridized carbons (Fsp3) is 0.500. The first-order valence-corrected chi connectivity index (χ1v) is 10.1. The third-order valence-corrected chi connectivity index (χ3v) is 6.15. The SMILES string of the molecule is O=C(O)NCC1(c2nnc(C3CC[C@@H]4CN3C(=O)N4OCc3ccccc3)o2)CC1. The lowest BCUT2D eigenvalue weighted by molar-refractivity contribution is -0.140. The molecule has 2 saturated heterocycles. The van der Waals surface area contributed by atoms with Crippen LogP contribution < -0.4 is 5.32 Å². The summed E-state index contributed by atoms with van der Waals surface area (Å²) in [5, 5.41) is 21.1. The van der Waals surface area contributed by atoms with Gasteiger partial charge in [0, 0.05) is 13.1 Å². The summed E-state index contributed by atoms with van der Waals surface area (Å²) in [6, 6.07) is 9.27. The Labute approximate surface area is 172 Å². The number of aromatic nitrogens is 2. The fourth-order valence-electron chi connectivity index (χ4n) is 4.22. The molecule has 158 valence electrons. The first kappa shape index (κ1) is 18.9. The first-order valence-electron chi connectivity index (χ1n) is 10.1. The number of hydrogen-bond acceptors (Lipinski definition) is 6. The number of hydroxylamine groups is 2. The highest BCUT2D eigenvalue weighted by molar-refractivity contribution is 5.77. The Morgan fingerprint density at radius 2 is 2.07 bits per heavy atom. The van der Waals surface area contributed by atoms with E-state index in [1.165, 1.54) is 5.06 Å². The molecule has 2 bridgehead atoms. The monoisotopic (exact) mass is 413 g/mol. The summed E-state index contributed by atoms with van der Waals surface area (Å²) in [6.45, 7) is 1.15. The lowest BCUT2D eigenvalue weighted by Crippen LogP contribution is -2.34. The van der Waals surface area contributed by atoms with E-state index in [0.29, 0.717) is 31.4 Å². The van der Waals surface area contributed by atoms with Crippen LogP contribution in [0.2, 0.25) is 0 Å². The van der Waals surface area contributed by atoms with Crippen LogP contribution in [0.25, 0.3) is 0 Å². The average molecular weight is 413 g/mol. The van der Waals surface area contributed by atoms with Crippen molar-refractivity contribution in [3.8, 4) is 0 Å². The van der Waals surface area contributed by atoms with Crippen LogP contribution in [-0.2, 0) is 16.9 Å². The van der Waals surface area contributed by atoms with Gasteiger partial charge in [0.15, 0.2) is 0 Å². The minimum Gasteiger partial charge on any atom is -0.465 e. The van der Waals surface area contributed by atoms with Crippen LogP contribution in [-0.4, -0.2) is 56.5 Å². The summed E-state index contributed by atoms with van der Waals surface area (Å²) in [7, 11) is 0. The van der Waals surface area contributed by atoms with Gasteiger partial charge in [0.05, 0.1) is 11.5 Å². The standard InChI is InChI=1S/C20H23N5O5/c26-18(27)21-12-20(8-9-20)17-23-22-16(30-17)15-7-6-14-10-24(15)19(28)25(14)29-11-13-4-2-1-3-5-13/h1-5,14-15,21H,6-12H2,(H,26,27)/t14-,15?/m1/s1. The van der Waals surface area contributed by atoms with E-state index in [4.69, 9.17) is 14.4 Å². The molecule has 2 aromatic rings. The molecule has 2 aliphatic heterocycles. The molecule has 3 fully saturated rings. The van der Waals surface area contributed by atoms with Crippen molar-refractivity contribution < 1.29 is 24.0 Å². The number of urea groups is 1. The minimum absolute atomic E-state index is 0.00870. The van der Waals surface area contributed by atoms with Gasteiger partial charge in [-0.05, 0) is 31.2 Å². The molecular weight excluding hydrogens is 390 g/mol. The molecule has 1 aromatic heterocycles. The molecule has 5 rings (SSSR count). The van der Waals surface area contributed by atoms with E-state index >= 15 is 0 Å². The Bertz CT molecular complexity index is 944. The van der Waals surface area contributed by atoms with Crippen molar-refractivity contribution in [2.24, 2.45) is 0 Å². The molecule has 30 heavy (non-hydrogen) atoms. The Balaban J connectivity index is 1.26. The van der Waals surface area contributed by atoms with Gasteiger partial charge in [0.1, 0.15) is 12.6 Å². The number of amides is 3. The van der Waals surface area contributed by atoms with Crippen molar-refractivity contribution in [1.82, 2.24) is 25.5 Å². The van der Waals surface area contributed by atoms with Gasteiger partial charge in [-0.15, -0.1) is 10.2 Å². The Morgan fingerprint density at radius 3 is 2.80 bits per heavy atom. The highest BCUT2D eigenvalue weighted by Gasteiger charge is 2.51. The van der Waals surface area contributed by atoms with Crippen LogP contribution in [0, 0.1) is 0 Å². The van der Waals surface area contributed by atoms with E-state index < -0.39 is 11.5 Å². The number of nitrogens with zero attached hydrogens (tertiary/aromatic N) is 4. The molecule has 2 atom stereocenters. The minimum atomic E-state index is -1.07. The molecule has 10 heteroatoms. The van der Waals surface area contributed by atoms with Crippen molar-refractivity contribution in [1.29, 1.82) is 0 Å². The number of fused-ring (bicyclic) bond motifs is 2. The Hall–Kier alpha value is -3.14. The number of carbonyl (C=O) groups is 2. The number of carboxylic acid groups (broad SMARTS) is 1. The van der Waals surface area contributed by atoms with Gasteiger partial charge < -0.3 is 19.7 Å². The summed E-state index contributed by atoms with van der Waals surface area (Å²) in [5.41, 5.74) is 0.588. The maximum absolute atomic E-state index is 12.9. The van der Waals surface area contributed by atoms with Gasteiger partial charge in [-0.25, -0.2) is 9.59 Å². The van der Waals surface area contributed by atoms with Crippen molar-refractivity contribution in [2.45, 2.75) is 49.8 Å². The number of rotatable bonds is 7. The number of piperidine rings is 1. The Kier molecular flexibility index (Phi) is 4.58. The van der Waals surface area contributed by atoms with Gasteiger partial charge in [0.2, 0.25) is 11.8 Å². The molecule has 1 aliphatic carbocycles. The van der Waals surface area contributed by atoms with Crippen LogP contribution in [0.3, 0.4) is 0 Å². The van der Waals surface area contributed by atoms with Crippen LogP contribution in [0.4, 0.5) is 9.59 Å². The maximum Gasteiger partial charge on any atom is 0.404 e.